The van der Waals surface area contributed by atoms with E-state index in [0.717, 1.165) is 49.4 Å². The summed E-state index contributed by atoms with van der Waals surface area (Å²) in [5, 5.41) is 3.13. The van der Waals surface area contributed by atoms with E-state index in [4.69, 9.17) is 0 Å². The van der Waals surface area contributed by atoms with E-state index < -0.39 is 0 Å². The third kappa shape index (κ3) is 4.20. The van der Waals surface area contributed by atoms with Gasteiger partial charge in [-0.25, -0.2) is 0 Å². The summed E-state index contributed by atoms with van der Waals surface area (Å²) in [5.74, 6) is 0.0457. The summed E-state index contributed by atoms with van der Waals surface area (Å²) >= 11 is 0. The van der Waals surface area contributed by atoms with Gasteiger partial charge in [0.15, 0.2) is 0 Å². The molecular weight excluding hydrogens is 310 g/mol. The molecule has 25 heavy (non-hydrogen) atoms. The van der Waals surface area contributed by atoms with E-state index in [-0.39, 0.29) is 11.9 Å². The largest absolute Gasteiger partial charge is 0.375 e. The summed E-state index contributed by atoms with van der Waals surface area (Å²) in [6, 6.07) is 17.9. The first-order valence-electron chi connectivity index (χ1n) is 9.10. The number of amides is 1. The zero-order valence-electron chi connectivity index (χ0n) is 15.1. The normalized spacial score (nSPS) is 15.8. The molecule has 4 nitrogen and oxygen atoms in total. The minimum absolute atomic E-state index is 0.0457. The highest BCUT2D eigenvalue weighted by molar-refractivity contribution is 5.96. The van der Waals surface area contributed by atoms with Gasteiger partial charge < -0.3 is 10.2 Å². The number of nitrogens with one attached hydrogen (secondary N) is 1. The molecule has 2 aromatic rings. The lowest BCUT2D eigenvalue weighted by Crippen LogP contribution is -2.35. The smallest absolute Gasteiger partial charge is 0.246 e. The molecule has 0 aromatic heterocycles. The van der Waals surface area contributed by atoms with Gasteiger partial charge in [-0.3, -0.25) is 9.69 Å². The standard InChI is InChI=1S/C21H27N3O/c1-3-23(2)19-13-9-12-18(16-19)22-21(25)20(24-14-7-8-15-24)17-10-5-4-6-11-17/h4-6,9-13,16,20H,3,7-8,14-15H2,1-2H3,(H,22,25). The van der Waals surface area contributed by atoms with E-state index in [0.29, 0.717) is 0 Å². The van der Waals surface area contributed by atoms with Gasteiger partial charge in [0.1, 0.15) is 6.04 Å². The molecule has 1 aliphatic rings. The molecule has 3 rings (SSSR count). The second-order valence-electron chi connectivity index (χ2n) is 6.61. The second kappa shape index (κ2) is 8.17. The van der Waals surface area contributed by atoms with Gasteiger partial charge in [-0.2, -0.15) is 0 Å². The third-order valence-electron chi connectivity index (χ3n) is 4.90. The Morgan fingerprint density at radius 3 is 2.52 bits per heavy atom. The molecule has 0 bridgehead atoms. The van der Waals surface area contributed by atoms with Crippen molar-refractivity contribution >= 4 is 17.3 Å². The van der Waals surface area contributed by atoms with Gasteiger partial charge in [0.2, 0.25) is 5.91 Å². The molecule has 0 radical (unpaired) electrons. The molecule has 1 saturated heterocycles. The molecule has 0 saturated carbocycles. The van der Waals surface area contributed by atoms with Gasteiger partial charge in [-0.15, -0.1) is 0 Å². The highest BCUT2D eigenvalue weighted by Gasteiger charge is 2.29. The Bertz CT molecular complexity index is 695. The van der Waals surface area contributed by atoms with Crippen LogP contribution in [0.5, 0.6) is 0 Å². The molecule has 0 aliphatic carbocycles. The van der Waals surface area contributed by atoms with Gasteiger partial charge >= 0.3 is 0 Å². The monoisotopic (exact) mass is 337 g/mol. The second-order valence-corrected chi connectivity index (χ2v) is 6.61. The lowest BCUT2D eigenvalue weighted by molar-refractivity contribution is -0.121. The van der Waals surface area contributed by atoms with Crippen LogP contribution in [0.2, 0.25) is 0 Å². The van der Waals surface area contributed by atoms with Crippen molar-refractivity contribution in [2.75, 3.05) is 36.9 Å². The Morgan fingerprint density at radius 1 is 1.12 bits per heavy atom. The van der Waals surface area contributed by atoms with Crippen LogP contribution >= 0.6 is 0 Å². The highest BCUT2D eigenvalue weighted by Crippen LogP contribution is 2.27. The summed E-state index contributed by atoms with van der Waals surface area (Å²) in [5.41, 5.74) is 3.02. The number of anilines is 2. The van der Waals surface area contributed by atoms with Crippen molar-refractivity contribution in [2.45, 2.75) is 25.8 Å². The minimum atomic E-state index is -0.226. The number of carbonyl (C=O) groups is 1. The molecule has 1 heterocycles. The summed E-state index contributed by atoms with van der Waals surface area (Å²) in [6.45, 7) is 5.00. The molecule has 1 aliphatic heterocycles. The highest BCUT2D eigenvalue weighted by atomic mass is 16.2. The van der Waals surface area contributed by atoms with Crippen molar-refractivity contribution in [3.05, 3.63) is 60.2 Å². The summed E-state index contributed by atoms with van der Waals surface area (Å²) < 4.78 is 0. The zero-order valence-corrected chi connectivity index (χ0v) is 15.1. The Labute approximate surface area is 150 Å². The zero-order chi connectivity index (χ0) is 17.6. The summed E-state index contributed by atoms with van der Waals surface area (Å²) in [7, 11) is 2.05. The van der Waals surface area contributed by atoms with E-state index in [1.54, 1.807) is 0 Å². The lowest BCUT2D eigenvalue weighted by Gasteiger charge is -2.27. The van der Waals surface area contributed by atoms with Gasteiger partial charge in [0, 0.05) is 25.0 Å². The van der Waals surface area contributed by atoms with Crippen LogP contribution in [-0.2, 0) is 4.79 Å². The van der Waals surface area contributed by atoms with E-state index in [1.807, 2.05) is 48.5 Å². The van der Waals surface area contributed by atoms with Gasteiger partial charge in [-0.05, 0) is 56.6 Å². The third-order valence-corrected chi connectivity index (χ3v) is 4.90. The van der Waals surface area contributed by atoms with Crippen molar-refractivity contribution in [1.29, 1.82) is 0 Å². The van der Waals surface area contributed by atoms with E-state index in [9.17, 15) is 4.79 Å². The minimum Gasteiger partial charge on any atom is -0.375 e. The predicted molar refractivity (Wildman–Crippen MR) is 104 cm³/mol. The van der Waals surface area contributed by atoms with E-state index >= 15 is 0 Å². The van der Waals surface area contributed by atoms with Crippen molar-refractivity contribution < 1.29 is 4.79 Å². The van der Waals surface area contributed by atoms with Crippen LogP contribution in [0.15, 0.2) is 54.6 Å². The predicted octanol–water partition coefficient (Wildman–Crippen LogP) is 3.92. The number of rotatable bonds is 6. The molecule has 132 valence electrons. The van der Waals surface area contributed by atoms with Crippen LogP contribution in [0, 0.1) is 0 Å². The maximum atomic E-state index is 13.1. The van der Waals surface area contributed by atoms with Crippen LogP contribution < -0.4 is 10.2 Å². The lowest BCUT2D eigenvalue weighted by atomic mass is 10.0. The Balaban J connectivity index is 1.81. The average Bonchev–Trinajstić information content (AvgIpc) is 3.16. The molecular formula is C21H27N3O. The maximum Gasteiger partial charge on any atom is 0.246 e. The number of hydrogen-bond acceptors (Lipinski definition) is 3. The SMILES string of the molecule is CCN(C)c1cccc(NC(=O)C(c2ccccc2)N2CCCC2)c1. The molecule has 0 spiro atoms. The molecule has 2 aromatic carbocycles. The fourth-order valence-corrected chi connectivity index (χ4v) is 3.38. The number of carbonyl (C=O) groups excluding carboxylic acids is 1. The van der Waals surface area contributed by atoms with Gasteiger partial charge in [0.25, 0.3) is 0 Å². The number of hydrogen-bond donors (Lipinski definition) is 1. The quantitative estimate of drug-likeness (QED) is 0.868. The average molecular weight is 337 g/mol. The Morgan fingerprint density at radius 2 is 1.84 bits per heavy atom. The first kappa shape index (κ1) is 17.5. The first-order valence-corrected chi connectivity index (χ1v) is 9.10. The van der Waals surface area contributed by atoms with Gasteiger partial charge in [-0.1, -0.05) is 36.4 Å². The van der Waals surface area contributed by atoms with Crippen molar-refractivity contribution in [3.8, 4) is 0 Å². The fraction of sp³-hybridized carbons (Fsp3) is 0.381. The van der Waals surface area contributed by atoms with Crippen LogP contribution in [0.1, 0.15) is 31.4 Å². The molecule has 1 unspecified atom stereocenters. The molecule has 1 atom stereocenters. The van der Waals surface area contributed by atoms with Gasteiger partial charge in [0.05, 0.1) is 0 Å². The van der Waals surface area contributed by atoms with Crippen molar-refractivity contribution in [2.24, 2.45) is 0 Å². The topological polar surface area (TPSA) is 35.6 Å². The van der Waals surface area contributed by atoms with E-state index in [1.165, 1.54) is 0 Å². The Hall–Kier alpha value is -2.33. The fourth-order valence-electron chi connectivity index (χ4n) is 3.38. The molecule has 1 N–H and O–H groups in total. The number of nitrogens with zero attached hydrogens (tertiary/aromatic N) is 2. The van der Waals surface area contributed by atoms with Crippen LogP contribution in [0.3, 0.4) is 0 Å². The van der Waals surface area contributed by atoms with E-state index in [2.05, 4.69) is 35.2 Å². The number of benzene rings is 2. The molecule has 1 fully saturated rings. The summed E-state index contributed by atoms with van der Waals surface area (Å²) in [4.78, 5) is 17.5. The van der Waals surface area contributed by atoms with Crippen LogP contribution in [0.4, 0.5) is 11.4 Å². The van der Waals surface area contributed by atoms with Crippen LogP contribution in [0.25, 0.3) is 0 Å². The van der Waals surface area contributed by atoms with Crippen molar-refractivity contribution in [1.82, 2.24) is 4.90 Å². The molecule has 4 heteroatoms. The first-order chi connectivity index (χ1) is 12.2. The summed E-state index contributed by atoms with van der Waals surface area (Å²) in [6.07, 6.45) is 2.32. The number of likely N-dealkylation sites (tertiary alicyclic amines) is 1. The maximum absolute atomic E-state index is 13.1. The van der Waals surface area contributed by atoms with Crippen molar-refractivity contribution in [3.63, 3.8) is 0 Å². The Kier molecular flexibility index (Phi) is 5.71. The van der Waals surface area contributed by atoms with Crippen LogP contribution in [-0.4, -0.2) is 37.5 Å². The molecule has 1 amide bonds.